The molecule has 4 nitrogen and oxygen atoms in total. The van der Waals surface area contributed by atoms with Crippen molar-refractivity contribution < 1.29 is 14.3 Å². The molecule has 4 heteroatoms. The van der Waals surface area contributed by atoms with Gasteiger partial charge in [-0.15, -0.1) is 0 Å². The Labute approximate surface area is 69.4 Å². The highest BCUT2D eigenvalue weighted by Gasteiger charge is 2.02. The van der Waals surface area contributed by atoms with Crippen molar-refractivity contribution in [1.82, 2.24) is 4.98 Å². The van der Waals surface area contributed by atoms with Gasteiger partial charge in [0.1, 0.15) is 0 Å². The second kappa shape index (κ2) is 4.12. The zero-order valence-electron chi connectivity index (χ0n) is 6.27. The summed E-state index contributed by atoms with van der Waals surface area (Å²) in [5.41, 5.74) is 0. The van der Waals surface area contributed by atoms with Gasteiger partial charge in [0.15, 0.2) is 5.75 Å². The highest BCUT2D eigenvalue weighted by Crippen LogP contribution is 2.06. The first-order valence-electron chi connectivity index (χ1n) is 3.22. The average Bonchev–Trinajstić information content (AvgIpc) is 2.06. The lowest BCUT2D eigenvalue weighted by molar-refractivity contribution is 0.136. The molecular formula is C8H7NO3. The molecule has 1 aromatic rings. The van der Waals surface area contributed by atoms with Crippen molar-refractivity contribution in [3.05, 3.63) is 37.4 Å². The van der Waals surface area contributed by atoms with Crippen molar-refractivity contribution in [3.63, 3.8) is 0 Å². The van der Waals surface area contributed by atoms with Crippen LogP contribution in [0.25, 0.3) is 0 Å². The molecule has 0 saturated carbocycles. The molecule has 0 saturated heterocycles. The first-order valence-corrected chi connectivity index (χ1v) is 3.22. The minimum atomic E-state index is -0.821. The highest BCUT2D eigenvalue weighted by molar-refractivity contribution is 5.64. The Balaban J connectivity index is 2.52. The second-order valence-corrected chi connectivity index (χ2v) is 1.83. The summed E-state index contributed by atoms with van der Waals surface area (Å²) >= 11 is 0. The van der Waals surface area contributed by atoms with E-state index in [4.69, 9.17) is 0 Å². The number of aromatic nitrogens is 1. The van der Waals surface area contributed by atoms with Crippen LogP contribution in [0.2, 0.25) is 0 Å². The zero-order chi connectivity index (χ0) is 8.81. The van der Waals surface area contributed by atoms with Crippen molar-refractivity contribution in [2.24, 2.45) is 0 Å². The molecule has 0 amide bonds. The van der Waals surface area contributed by atoms with Crippen molar-refractivity contribution in [2.75, 3.05) is 0 Å². The lowest BCUT2D eigenvalue weighted by Crippen LogP contribution is -2.06. The number of rotatable bonds is 2. The molecule has 62 valence electrons. The van der Waals surface area contributed by atoms with Crippen LogP contribution in [0.3, 0.4) is 0 Å². The van der Waals surface area contributed by atoms with E-state index >= 15 is 0 Å². The molecule has 1 heterocycles. The maximum absolute atomic E-state index is 10.7. The maximum atomic E-state index is 10.7. The van der Waals surface area contributed by atoms with Gasteiger partial charge in [0.25, 0.3) is 0 Å². The number of carbonyl (C=O) groups excluding carboxylic acids is 1. The fourth-order valence-electron chi connectivity index (χ4n) is 0.596. The van der Waals surface area contributed by atoms with Gasteiger partial charge in [-0.1, -0.05) is 6.58 Å². The van der Waals surface area contributed by atoms with E-state index in [1.54, 1.807) is 18.3 Å². The van der Waals surface area contributed by atoms with E-state index in [-0.39, 0.29) is 0 Å². The summed E-state index contributed by atoms with van der Waals surface area (Å²) in [6.45, 7) is 3.20. The Morgan fingerprint density at radius 3 is 3.08 bits per heavy atom. The summed E-state index contributed by atoms with van der Waals surface area (Å²) < 4.78 is 8.98. The second-order valence-electron chi connectivity index (χ2n) is 1.83. The Bertz CT molecular complexity index is 271. The summed E-state index contributed by atoms with van der Waals surface area (Å²) in [6, 6.07) is 3.24. The molecule has 0 spiro atoms. The van der Waals surface area contributed by atoms with E-state index in [0.29, 0.717) is 5.75 Å². The largest absolute Gasteiger partial charge is 0.518 e. The Morgan fingerprint density at radius 1 is 1.67 bits per heavy atom. The van der Waals surface area contributed by atoms with Crippen LogP contribution in [0, 0.1) is 0 Å². The fraction of sp³-hybridized carbons (Fsp3) is 0. The van der Waals surface area contributed by atoms with E-state index in [1.165, 1.54) is 6.20 Å². The van der Waals surface area contributed by atoms with Gasteiger partial charge in [0.2, 0.25) is 0 Å². The Kier molecular flexibility index (Phi) is 2.84. The van der Waals surface area contributed by atoms with E-state index in [2.05, 4.69) is 21.0 Å². The third-order valence-corrected chi connectivity index (χ3v) is 1.02. The molecule has 0 radical (unpaired) electrons. The van der Waals surface area contributed by atoms with Gasteiger partial charge in [-0.3, -0.25) is 4.98 Å². The molecule has 0 atom stereocenters. The van der Waals surface area contributed by atoms with Crippen molar-refractivity contribution in [1.29, 1.82) is 0 Å². The third kappa shape index (κ3) is 2.42. The quantitative estimate of drug-likeness (QED) is 0.494. The highest BCUT2D eigenvalue weighted by atomic mass is 16.7. The van der Waals surface area contributed by atoms with Gasteiger partial charge < -0.3 is 9.47 Å². The minimum Gasteiger partial charge on any atom is -0.403 e. The van der Waals surface area contributed by atoms with E-state index in [9.17, 15) is 4.79 Å². The van der Waals surface area contributed by atoms with Crippen LogP contribution in [0.5, 0.6) is 5.75 Å². The van der Waals surface area contributed by atoms with Gasteiger partial charge in [-0.25, -0.2) is 4.79 Å². The number of ether oxygens (including phenoxy) is 2. The molecule has 0 aliphatic carbocycles. The topological polar surface area (TPSA) is 48.4 Å². The molecule has 0 bridgehead atoms. The Hall–Kier alpha value is -1.84. The van der Waals surface area contributed by atoms with Crippen molar-refractivity contribution >= 4 is 6.16 Å². The van der Waals surface area contributed by atoms with Gasteiger partial charge in [0.05, 0.1) is 12.5 Å². The van der Waals surface area contributed by atoms with Gasteiger partial charge >= 0.3 is 6.16 Å². The van der Waals surface area contributed by atoms with Gasteiger partial charge in [0, 0.05) is 6.20 Å². The molecule has 1 aromatic heterocycles. The molecular weight excluding hydrogens is 158 g/mol. The monoisotopic (exact) mass is 165 g/mol. The molecule has 0 unspecified atom stereocenters. The normalized spacial score (nSPS) is 8.67. The van der Waals surface area contributed by atoms with E-state index in [0.717, 1.165) is 6.26 Å². The predicted octanol–water partition coefficient (Wildman–Crippen LogP) is 1.74. The molecule has 0 N–H and O–H groups in total. The predicted molar refractivity (Wildman–Crippen MR) is 41.5 cm³/mol. The van der Waals surface area contributed by atoms with Crippen LogP contribution < -0.4 is 4.74 Å². The minimum absolute atomic E-state index is 0.337. The van der Waals surface area contributed by atoms with Crippen LogP contribution in [-0.4, -0.2) is 11.1 Å². The number of pyridine rings is 1. The molecule has 0 aromatic carbocycles. The Morgan fingerprint density at radius 2 is 2.50 bits per heavy atom. The van der Waals surface area contributed by atoms with Crippen LogP contribution >= 0.6 is 0 Å². The molecule has 0 fully saturated rings. The van der Waals surface area contributed by atoms with Crippen LogP contribution in [-0.2, 0) is 4.74 Å². The number of hydrogen-bond acceptors (Lipinski definition) is 4. The van der Waals surface area contributed by atoms with Gasteiger partial charge in [-0.05, 0) is 12.1 Å². The summed E-state index contributed by atoms with van der Waals surface area (Å²) in [5.74, 6) is 0.337. The lowest BCUT2D eigenvalue weighted by atomic mass is 10.5. The van der Waals surface area contributed by atoms with Crippen LogP contribution in [0.15, 0.2) is 37.4 Å². The average molecular weight is 165 g/mol. The number of nitrogens with zero attached hydrogens (tertiary/aromatic N) is 1. The lowest BCUT2D eigenvalue weighted by Gasteiger charge is -1.99. The van der Waals surface area contributed by atoms with Crippen LogP contribution in [0.4, 0.5) is 4.79 Å². The number of carbonyl (C=O) groups is 1. The smallest absolute Gasteiger partial charge is 0.403 e. The van der Waals surface area contributed by atoms with Gasteiger partial charge in [-0.2, -0.15) is 0 Å². The third-order valence-electron chi connectivity index (χ3n) is 1.02. The summed E-state index contributed by atoms with van der Waals surface area (Å²) in [7, 11) is 0. The fourth-order valence-corrected chi connectivity index (χ4v) is 0.596. The molecule has 0 aliphatic heterocycles. The summed E-state index contributed by atoms with van der Waals surface area (Å²) in [5, 5.41) is 0. The van der Waals surface area contributed by atoms with Crippen LogP contribution in [0.1, 0.15) is 0 Å². The zero-order valence-corrected chi connectivity index (χ0v) is 6.27. The van der Waals surface area contributed by atoms with E-state index < -0.39 is 6.16 Å². The van der Waals surface area contributed by atoms with E-state index in [1.807, 2.05) is 0 Å². The summed E-state index contributed by atoms with van der Waals surface area (Å²) in [6.07, 6.45) is 3.16. The first kappa shape index (κ1) is 8.26. The van der Waals surface area contributed by atoms with Crippen molar-refractivity contribution in [3.8, 4) is 5.75 Å². The number of hydrogen-bond donors (Lipinski definition) is 0. The first-order chi connectivity index (χ1) is 5.83. The molecule has 0 aliphatic rings. The standard InChI is InChI=1S/C8H7NO3/c1-2-11-8(10)12-7-4-3-5-9-6-7/h2-6H,1H2. The maximum Gasteiger partial charge on any atom is 0.518 e. The molecule has 12 heavy (non-hydrogen) atoms. The summed E-state index contributed by atoms with van der Waals surface area (Å²) in [4.78, 5) is 14.4. The molecule has 1 rings (SSSR count). The SMILES string of the molecule is C=COC(=O)Oc1cccnc1. The van der Waals surface area contributed by atoms with Crippen molar-refractivity contribution in [2.45, 2.75) is 0 Å².